The number of anilines is 1. The van der Waals surface area contributed by atoms with E-state index < -0.39 is 17.6 Å². The highest BCUT2D eigenvalue weighted by molar-refractivity contribution is 5.78. The van der Waals surface area contributed by atoms with Gasteiger partial charge in [0.2, 0.25) is 0 Å². The highest BCUT2D eigenvalue weighted by Crippen LogP contribution is 2.15. The quantitative estimate of drug-likeness (QED) is 0.688. The molecule has 8 nitrogen and oxygen atoms in total. The SMILES string of the molecule is Cn1cc(C(Nc2ncc[nH]c2=O)C(=O)O)cn1. The first kappa shape index (κ1) is 11.8. The number of nitrogens with zero attached hydrogens (tertiary/aromatic N) is 3. The molecule has 1 unspecified atom stereocenters. The fourth-order valence-corrected chi connectivity index (χ4v) is 1.47. The van der Waals surface area contributed by atoms with Crippen molar-refractivity contribution in [3.8, 4) is 0 Å². The van der Waals surface area contributed by atoms with Crippen LogP contribution < -0.4 is 10.9 Å². The van der Waals surface area contributed by atoms with Crippen LogP contribution in [0.1, 0.15) is 11.6 Å². The summed E-state index contributed by atoms with van der Waals surface area (Å²) >= 11 is 0. The molecule has 0 saturated carbocycles. The Morgan fingerprint density at radius 2 is 2.39 bits per heavy atom. The Hall–Kier alpha value is -2.64. The number of hydrogen-bond donors (Lipinski definition) is 3. The van der Waals surface area contributed by atoms with Crippen LogP contribution in [-0.2, 0) is 11.8 Å². The molecule has 0 bridgehead atoms. The molecule has 18 heavy (non-hydrogen) atoms. The predicted molar refractivity (Wildman–Crippen MR) is 62.1 cm³/mol. The Kier molecular flexibility index (Phi) is 3.09. The zero-order valence-corrected chi connectivity index (χ0v) is 9.49. The number of H-pyrrole nitrogens is 1. The molecule has 94 valence electrons. The fraction of sp³-hybridized carbons (Fsp3) is 0.200. The van der Waals surface area contributed by atoms with Gasteiger partial charge in [-0.25, -0.2) is 9.78 Å². The lowest BCUT2D eigenvalue weighted by molar-refractivity contribution is -0.138. The molecule has 0 amide bonds. The largest absolute Gasteiger partial charge is 0.479 e. The van der Waals surface area contributed by atoms with E-state index in [-0.39, 0.29) is 5.82 Å². The third-order valence-corrected chi connectivity index (χ3v) is 2.29. The molecule has 8 heteroatoms. The molecular weight excluding hydrogens is 238 g/mol. The fourth-order valence-electron chi connectivity index (χ4n) is 1.47. The van der Waals surface area contributed by atoms with Gasteiger partial charge in [0.05, 0.1) is 6.20 Å². The van der Waals surface area contributed by atoms with Crippen LogP contribution in [0.3, 0.4) is 0 Å². The molecule has 0 aliphatic heterocycles. The van der Waals surface area contributed by atoms with Gasteiger partial charge in [0.25, 0.3) is 5.56 Å². The summed E-state index contributed by atoms with van der Waals surface area (Å²) in [6.07, 6.45) is 5.71. The van der Waals surface area contributed by atoms with Crippen molar-refractivity contribution in [2.75, 3.05) is 5.32 Å². The average Bonchev–Trinajstić information content (AvgIpc) is 2.74. The predicted octanol–water partition coefficient (Wildman–Crippen LogP) is -0.259. The van der Waals surface area contributed by atoms with E-state index in [0.717, 1.165) is 0 Å². The molecule has 1 atom stereocenters. The van der Waals surface area contributed by atoms with Gasteiger partial charge < -0.3 is 15.4 Å². The van der Waals surface area contributed by atoms with Gasteiger partial charge >= 0.3 is 5.97 Å². The van der Waals surface area contributed by atoms with E-state index in [9.17, 15) is 9.59 Å². The van der Waals surface area contributed by atoms with Crippen LogP contribution >= 0.6 is 0 Å². The first-order valence-electron chi connectivity index (χ1n) is 5.09. The molecule has 2 aromatic rings. The highest BCUT2D eigenvalue weighted by Gasteiger charge is 2.22. The van der Waals surface area contributed by atoms with Crippen molar-refractivity contribution in [3.63, 3.8) is 0 Å². The lowest BCUT2D eigenvalue weighted by Gasteiger charge is -2.12. The normalized spacial score (nSPS) is 12.1. The van der Waals surface area contributed by atoms with E-state index in [1.54, 1.807) is 13.2 Å². The number of aliphatic carboxylic acids is 1. The summed E-state index contributed by atoms with van der Waals surface area (Å²) < 4.78 is 1.48. The summed E-state index contributed by atoms with van der Waals surface area (Å²) in [5, 5.41) is 15.6. The average molecular weight is 249 g/mol. The molecule has 0 aliphatic carbocycles. The van der Waals surface area contributed by atoms with Gasteiger partial charge in [-0.2, -0.15) is 5.10 Å². The zero-order chi connectivity index (χ0) is 13.1. The van der Waals surface area contributed by atoms with Crippen molar-refractivity contribution in [2.45, 2.75) is 6.04 Å². The minimum Gasteiger partial charge on any atom is -0.479 e. The number of rotatable bonds is 4. The van der Waals surface area contributed by atoms with Crippen LogP contribution in [-0.4, -0.2) is 30.8 Å². The number of hydrogen-bond acceptors (Lipinski definition) is 5. The van der Waals surface area contributed by atoms with Crippen LogP contribution in [0.2, 0.25) is 0 Å². The number of aromatic nitrogens is 4. The monoisotopic (exact) mass is 249 g/mol. The third-order valence-electron chi connectivity index (χ3n) is 2.29. The number of carbonyl (C=O) groups is 1. The summed E-state index contributed by atoms with van der Waals surface area (Å²) in [5.41, 5.74) is -0.0392. The van der Waals surface area contributed by atoms with Crippen molar-refractivity contribution in [1.29, 1.82) is 0 Å². The zero-order valence-electron chi connectivity index (χ0n) is 9.49. The summed E-state index contributed by atoms with van der Waals surface area (Å²) in [6.45, 7) is 0. The molecule has 0 aliphatic rings. The molecular formula is C10H11N5O3. The Balaban J connectivity index is 2.31. The van der Waals surface area contributed by atoms with Gasteiger partial charge in [-0.15, -0.1) is 0 Å². The van der Waals surface area contributed by atoms with E-state index in [1.165, 1.54) is 23.3 Å². The Bertz CT molecular complexity index is 618. The van der Waals surface area contributed by atoms with Crippen molar-refractivity contribution in [1.82, 2.24) is 19.7 Å². The number of nitrogens with one attached hydrogen (secondary N) is 2. The van der Waals surface area contributed by atoms with Gasteiger partial charge in [-0.1, -0.05) is 0 Å². The molecule has 3 N–H and O–H groups in total. The molecule has 0 aromatic carbocycles. The summed E-state index contributed by atoms with van der Waals surface area (Å²) in [5.74, 6) is -1.16. The van der Waals surface area contributed by atoms with E-state index in [2.05, 4.69) is 20.4 Å². The van der Waals surface area contributed by atoms with E-state index in [1.807, 2.05) is 0 Å². The smallest absolute Gasteiger partial charge is 0.330 e. The van der Waals surface area contributed by atoms with Crippen LogP contribution in [0, 0.1) is 0 Å². The third kappa shape index (κ3) is 2.37. The Morgan fingerprint density at radius 3 is 2.94 bits per heavy atom. The van der Waals surface area contributed by atoms with Gasteiger partial charge in [0.1, 0.15) is 0 Å². The second-order valence-corrected chi connectivity index (χ2v) is 3.63. The van der Waals surface area contributed by atoms with Gasteiger partial charge in [-0.05, 0) is 0 Å². The molecule has 0 spiro atoms. The van der Waals surface area contributed by atoms with Crippen LogP contribution in [0.4, 0.5) is 5.82 Å². The van der Waals surface area contributed by atoms with Gasteiger partial charge in [0, 0.05) is 31.2 Å². The Labute approximate surface area is 101 Å². The molecule has 2 rings (SSSR count). The van der Waals surface area contributed by atoms with Crippen molar-refractivity contribution in [2.24, 2.45) is 7.05 Å². The molecule has 0 fully saturated rings. The second-order valence-electron chi connectivity index (χ2n) is 3.63. The lowest BCUT2D eigenvalue weighted by atomic mass is 10.1. The molecule has 2 aromatic heterocycles. The van der Waals surface area contributed by atoms with E-state index in [4.69, 9.17) is 5.11 Å². The van der Waals surface area contributed by atoms with E-state index in [0.29, 0.717) is 5.56 Å². The second kappa shape index (κ2) is 4.70. The maximum absolute atomic E-state index is 11.4. The maximum Gasteiger partial charge on any atom is 0.330 e. The number of aryl methyl sites for hydroxylation is 1. The minimum atomic E-state index is -1.12. The van der Waals surface area contributed by atoms with Crippen LogP contribution in [0.25, 0.3) is 0 Å². The van der Waals surface area contributed by atoms with Gasteiger partial charge in [-0.3, -0.25) is 9.48 Å². The molecule has 0 radical (unpaired) electrons. The summed E-state index contributed by atoms with van der Waals surface area (Å²) in [6, 6.07) is -1.07. The highest BCUT2D eigenvalue weighted by atomic mass is 16.4. The van der Waals surface area contributed by atoms with Crippen molar-refractivity contribution < 1.29 is 9.90 Å². The topological polar surface area (TPSA) is 113 Å². The number of carboxylic acid groups (broad SMARTS) is 1. The van der Waals surface area contributed by atoms with Crippen molar-refractivity contribution >= 4 is 11.8 Å². The van der Waals surface area contributed by atoms with Crippen molar-refractivity contribution in [3.05, 3.63) is 40.7 Å². The summed E-state index contributed by atoms with van der Waals surface area (Å²) in [7, 11) is 1.68. The van der Waals surface area contributed by atoms with E-state index >= 15 is 0 Å². The maximum atomic E-state index is 11.4. The molecule has 0 saturated heterocycles. The van der Waals surface area contributed by atoms with Gasteiger partial charge in [0.15, 0.2) is 11.9 Å². The first-order chi connectivity index (χ1) is 8.58. The number of aromatic amines is 1. The summed E-state index contributed by atoms with van der Waals surface area (Å²) in [4.78, 5) is 28.8. The number of carboxylic acids is 1. The van der Waals surface area contributed by atoms with Crippen LogP contribution in [0.5, 0.6) is 0 Å². The lowest BCUT2D eigenvalue weighted by Crippen LogP contribution is -2.25. The standard InChI is InChI=1S/C10H11N5O3/c1-15-5-6(4-13-15)7(10(17)18)14-8-9(16)12-3-2-11-8/h2-5,7H,1H3,(H,11,14)(H,12,16)(H,17,18). The Morgan fingerprint density at radius 1 is 1.61 bits per heavy atom. The van der Waals surface area contributed by atoms with Crippen LogP contribution in [0.15, 0.2) is 29.6 Å². The first-order valence-corrected chi connectivity index (χ1v) is 5.09. The molecule has 2 heterocycles. The minimum absolute atomic E-state index is 0.0475.